The van der Waals surface area contributed by atoms with Crippen LogP contribution in [-0.4, -0.2) is 41.4 Å². The van der Waals surface area contributed by atoms with Crippen LogP contribution in [0.25, 0.3) is 5.70 Å². The largest absolute Gasteiger partial charge is 0.378 e. The lowest BCUT2D eigenvalue weighted by molar-refractivity contribution is -0.114. The fourth-order valence-electron chi connectivity index (χ4n) is 3.35. The van der Waals surface area contributed by atoms with E-state index in [4.69, 9.17) is 20.3 Å². The van der Waals surface area contributed by atoms with Crippen molar-refractivity contribution in [1.29, 1.82) is 0 Å². The predicted octanol–water partition coefficient (Wildman–Crippen LogP) is 2.61. The molecule has 0 saturated carbocycles. The Morgan fingerprint density at radius 1 is 1.46 bits per heavy atom. The van der Waals surface area contributed by atoms with Crippen LogP contribution in [0.1, 0.15) is 47.8 Å². The zero-order valence-electron chi connectivity index (χ0n) is 17.2. The Labute approximate surface area is 148 Å². The summed E-state index contributed by atoms with van der Waals surface area (Å²) in [5.41, 5.74) is 2.96. The molecule has 1 aromatic rings. The number of aromatic nitrogens is 1. The first-order chi connectivity index (χ1) is 12.7. The minimum absolute atomic E-state index is 0.0712. The maximum atomic E-state index is 12.6. The molecule has 2 aliphatic rings. The van der Waals surface area contributed by atoms with E-state index in [-0.39, 0.29) is 12.2 Å². The molecule has 1 fully saturated rings. The van der Waals surface area contributed by atoms with Gasteiger partial charge in [-0.2, -0.15) is 0 Å². The van der Waals surface area contributed by atoms with Crippen LogP contribution in [0, 0.1) is 12.3 Å². The van der Waals surface area contributed by atoms with E-state index >= 15 is 0 Å². The Hall–Kier alpha value is -2.12. The molecule has 126 valence electrons. The Morgan fingerprint density at radius 2 is 2.21 bits per heavy atom. The van der Waals surface area contributed by atoms with E-state index in [2.05, 4.69) is 10.8 Å². The first kappa shape index (κ1) is 13.2. The second-order valence-electron chi connectivity index (χ2n) is 6.67. The van der Waals surface area contributed by atoms with Crippen molar-refractivity contribution in [3.05, 3.63) is 34.7 Å². The maximum Gasteiger partial charge on any atom is 0.177 e. The minimum atomic E-state index is -2.43. The fourth-order valence-corrected chi connectivity index (χ4v) is 3.35. The van der Waals surface area contributed by atoms with Crippen LogP contribution < -0.4 is 0 Å². The van der Waals surface area contributed by atoms with Gasteiger partial charge in [-0.3, -0.25) is 9.78 Å². The van der Waals surface area contributed by atoms with Crippen molar-refractivity contribution in [3.8, 4) is 12.3 Å². The number of hydrogen-bond acceptors (Lipinski definition) is 4. The molecule has 0 N–H and O–H groups in total. The van der Waals surface area contributed by atoms with Gasteiger partial charge >= 0.3 is 0 Å². The smallest absolute Gasteiger partial charge is 0.177 e. The lowest BCUT2D eigenvalue weighted by Crippen LogP contribution is -2.44. The van der Waals surface area contributed by atoms with Gasteiger partial charge < -0.3 is 9.64 Å². The summed E-state index contributed by atoms with van der Waals surface area (Å²) in [5.74, 6) is 2.49. The van der Waals surface area contributed by atoms with Gasteiger partial charge in [-0.1, -0.05) is 18.9 Å². The second-order valence-corrected chi connectivity index (χ2v) is 6.67. The molecule has 0 atom stereocenters. The molecule has 1 saturated heterocycles. The first-order valence-electron chi connectivity index (χ1n) is 9.84. The third kappa shape index (κ3) is 2.85. The fraction of sp³-hybridized carbons (Fsp3) is 0.500. The average molecular weight is 327 g/mol. The van der Waals surface area contributed by atoms with E-state index in [1.54, 1.807) is 0 Å². The number of rotatable bonds is 3. The number of fused-ring (bicyclic) bond motifs is 1. The summed E-state index contributed by atoms with van der Waals surface area (Å²) in [5, 5.41) is 0. The lowest BCUT2D eigenvalue weighted by Gasteiger charge is -2.41. The number of piperidine rings is 1. The molecular weight excluding hydrogens is 300 g/mol. The van der Waals surface area contributed by atoms with Gasteiger partial charge in [0.15, 0.2) is 5.78 Å². The summed E-state index contributed by atoms with van der Waals surface area (Å²) in [6, 6.07) is 3.90. The molecule has 24 heavy (non-hydrogen) atoms. The Bertz CT molecular complexity index is 829. The Balaban J connectivity index is 1.93. The molecule has 0 aromatic carbocycles. The van der Waals surface area contributed by atoms with Gasteiger partial charge in [0.2, 0.25) is 0 Å². The van der Waals surface area contributed by atoms with Crippen LogP contribution in [-0.2, 0) is 22.4 Å². The van der Waals surface area contributed by atoms with E-state index in [0.717, 1.165) is 23.4 Å². The molecule has 0 spiro atoms. The molecular formula is C20H24N2O2. The van der Waals surface area contributed by atoms with Crippen LogP contribution in [0.15, 0.2) is 17.7 Å². The van der Waals surface area contributed by atoms with Crippen molar-refractivity contribution >= 4 is 11.5 Å². The predicted molar refractivity (Wildman–Crippen MR) is 94.3 cm³/mol. The van der Waals surface area contributed by atoms with Crippen molar-refractivity contribution in [2.75, 3.05) is 20.1 Å². The van der Waals surface area contributed by atoms with Crippen molar-refractivity contribution in [3.63, 3.8) is 0 Å². The van der Waals surface area contributed by atoms with Gasteiger partial charge in [-0.05, 0) is 37.8 Å². The number of likely N-dealkylation sites (tertiary alicyclic amines) is 1. The van der Waals surface area contributed by atoms with Gasteiger partial charge in [0.25, 0.3) is 0 Å². The first-order valence-corrected chi connectivity index (χ1v) is 8.34. The number of methoxy groups -OCH3 is 1. The van der Waals surface area contributed by atoms with Crippen molar-refractivity contribution < 1.29 is 13.6 Å². The van der Waals surface area contributed by atoms with Crippen LogP contribution in [0.5, 0.6) is 0 Å². The summed E-state index contributed by atoms with van der Waals surface area (Å²) < 4.78 is 27.4. The number of Topliss-reactive ketones (excluding diaryl/α,β-unsaturated/α-hetero) is 1. The standard InChI is InChI=1S/C20H24N2O2/c1-5-15-8-7-14-13-17(23)16(6-2)19(18(14)21-15)22-11-9-20(3,24-4)10-12-22/h2,7-8H,5,9-13H2,1,3-4H3/i4D3. The average Bonchev–Trinajstić information content (AvgIpc) is 2.59. The number of allylic oxidation sites excluding steroid dienone is 1. The highest BCUT2D eigenvalue weighted by molar-refractivity contribution is 6.09. The molecule has 0 radical (unpaired) electrons. The lowest BCUT2D eigenvalue weighted by atomic mass is 9.88. The molecule has 4 heteroatoms. The summed E-state index contributed by atoms with van der Waals surface area (Å²) in [7, 11) is -2.43. The number of pyridine rings is 1. The van der Waals surface area contributed by atoms with Gasteiger partial charge in [-0.25, -0.2) is 0 Å². The quantitative estimate of drug-likeness (QED) is 0.801. The van der Waals surface area contributed by atoms with Crippen LogP contribution >= 0.6 is 0 Å². The number of nitrogens with zero attached hydrogens (tertiary/aromatic N) is 2. The molecule has 0 bridgehead atoms. The number of terminal acetylenes is 1. The summed E-state index contributed by atoms with van der Waals surface area (Å²) in [4.78, 5) is 19.4. The van der Waals surface area contributed by atoms with E-state index in [1.807, 2.05) is 26.0 Å². The van der Waals surface area contributed by atoms with Crippen LogP contribution in [0.2, 0.25) is 0 Å². The van der Waals surface area contributed by atoms with Gasteiger partial charge in [0.05, 0.1) is 26.7 Å². The third-order valence-electron chi connectivity index (χ3n) is 5.02. The van der Waals surface area contributed by atoms with Crippen molar-refractivity contribution in [1.82, 2.24) is 9.88 Å². The van der Waals surface area contributed by atoms with Crippen LogP contribution in [0.3, 0.4) is 0 Å². The highest BCUT2D eigenvalue weighted by Gasteiger charge is 2.35. The molecule has 1 aromatic heterocycles. The zero-order chi connectivity index (χ0) is 19.8. The highest BCUT2D eigenvalue weighted by Crippen LogP contribution is 2.35. The molecule has 4 nitrogen and oxygen atoms in total. The van der Waals surface area contributed by atoms with Gasteiger partial charge in [0, 0.05) is 32.2 Å². The number of ketones is 1. The van der Waals surface area contributed by atoms with Crippen molar-refractivity contribution in [2.45, 2.75) is 45.1 Å². The number of carbonyl (C=O) groups is 1. The van der Waals surface area contributed by atoms with E-state index in [9.17, 15) is 4.79 Å². The summed E-state index contributed by atoms with van der Waals surface area (Å²) >= 11 is 0. The van der Waals surface area contributed by atoms with E-state index in [1.165, 1.54) is 0 Å². The SMILES string of the molecule is [2H]C([2H])([2H])OC1(C)CCN(C2=C(C#C)C(=O)Cc3ccc(CC)nc32)CC1. The monoisotopic (exact) mass is 327 g/mol. The third-order valence-corrected chi connectivity index (χ3v) is 5.02. The maximum absolute atomic E-state index is 12.6. The normalized spacial score (nSPS) is 22.3. The van der Waals surface area contributed by atoms with Gasteiger partial charge in [-0.15, -0.1) is 6.42 Å². The summed E-state index contributed by atoms with van der Waals surface area (Å²) in [6.07, 6.45) is 7.80. The topological polar surface area (TPSA) is 42.4 Å². The molecule has 3 rings (SSSR count). The second kappa shape index (κ2) is 6.41. The van der Waals surface area contributed by atoms with Crippen molar-refractivity contribution in [2.24, 2.45) is 0 Å². The van der Waals surface area contributed by atoms with Gasteiger partial charge in [0.1, 0.15) is 0 Å². The number of hydrogen-bond donors (Lipinski definition) is 0. The summed E-state index contributed by atoms with van der Waals surface area (Å²) in [6.45, 7) is 4.96. The zero-order valence-corrected chi connectivity index (χ0v) is 14.2. The van der Waals surface area contributed by atoms with E-state index < -0.39 is 12.6 Å². The molecule has 2 heterocycles. The molecule has 1 aliphatic heterocycles. The number of aryl methyl sites for hydroxylation is 1. The highest BCUT2D eigenvalue weighted by atomic mass is 16.5. The Kier molecular flexibility index (Phi) is 3.53. The molecule has 0 amide bonds. The number of ether oxygens (including phenoxy) is 1. The van der Waals surface area contributed by atoms with Crippen LogP contribution in [0.4, 0.5) is 0 Å². The molecule has 1 aliphatic carbocycles. The van der Waals surface area contributed by atoms with E-state index in [0.29, 0.717) is 37.2 Å². The minimum Gasteiger partial charge on any atom is -0.378 e. The Morgan fingerprint density at radius 3 is 2.83 bits per heavy atom. The molecule has 0 unspecified atom stereocenters. The number of carbonyl (C=O) groups excluding carboxylic acids is 1.